The van der Waals surface area contributed by atoms with E-state index in [1.54, 1.807) is 0 Å². The normalized spacial score (nSPS) is 13.8. The molecule has 1 aromatic carbocycles. The average molecular weight is 216 g/mol. The Labute approximate surface area is 86.1 Å². The van der Waals surface area contributed by atoms with Gasteiger partial charge < -0.3 is 5.09 Å². The summed E-state index contributed by atoms with van der Waals surface area (Å²) < 4.78 is 0. The van der Waals surface area contributed by atoms with Gasteiger partial charge in [0.05, 0.1) is 7.43 Å². The lowest BCUT2D eigenvalue weighted by Gasteiger charge is -2.26. The van der Waals surface area contributed by atoms with Crippen LogP contribution in [0.15, 0.2) is 30.3 Å². The van der Waals surface area contributed by atoms with E-state index in [-0.39, 0.29) is 5.16 Å². The second-order valence-electron chi connectivity index (χ2n) is 3.93. The summed E-state index contributed by atoms with van der Waals surface area (Å²) in [7, 11) is -0.676. The molecule has 0 saturated carbocycles. The van der Waals surface area contributed by atoms with E-state index in [1.807, 2.05) is 30.3 Å². The Balaban J connectivity index is 2.61. The fourth-order valence-electron chi connectivity index (χ4n) is 0.794. The highest BCUT2D eigenvalue weighted by molar-refractivity contribution is 7.86. The van der Waals surface area contributed by atoms with Crippen molar-refractivity contribution in [3.05, 3.63) is 30.3 Å². The highest BCUT2D eigenvalue weighted by atomic mass is 35.7. The Morgan fingerprint density at radius 1 is 1.15 bits per heavy atom. The van der Waals surface area contributed by atoms with Crippen LogP contribution in [0.3, 0.4) is 0 Å². The first-order valence-corrected chi connectivity index (χ1v) is 6.52. The zero-order chi connectivity index (χ0) is 9.90. The summed E-state index contributed by atoms with van der Waals surface area (Å²) in [6.07, 6.45) is 0. The predicted molar refractivity (Wildman–Crippen MR) is 62.6 cm³/mol. The third-order valence-corrected chi connectivity index (χ3v) is 5.00. The van der Waals surface area contributed by atoms with E-state index >= 15 is 0 Å². The van der Waals surface area contributed by atoms with Crippen LogP contribution >= 0.6 is 18.7 Å². The number of benzene rings is 1. The summed E-state index contributed by atoms with van der Waals surface area (Å²) in [6, 6.07) is 10.1. The molecule has 0 saturated heterocycles. The second-order valence-corrected chi connectivity index (χ2v) is 7.07. The van der Waals surface area contributed by atoms with Crippen LogP contribution in [0.4, 0.5) is 5.69 Å². The molecular formula is C10H15ClNP. The summed E-state index contributed by atoms with van der Waals surface area (Å²) in [4.78, 5) is 0. The van der Waals surface area contributed by atoms with Crippen molar-refractivity contribution in [3.8, 4) is 0 Å². The molecule has 3 heteroatoms. The number of anilines is 1. The predicted octanol–water partition coefficient (Wildman–Crippen LogP) is 4.45. The Kier molecular flexibility index (Phi) is 3.58. The molecule has 13 heavy (non-hydrogen) atoms. The first-order chi connectivity index (χ1) is 6.00. The molecule has 1 rings (SSSR count). The molecule has 0 aliphatic rings. The maximum absolute atomic E-state index is 6.25. The van der Waals surface area contributed by atoms with Gasteiger partial charge in [-0.15, -0.1) is 0 Å². The van der Waals surface area contributed by atoms with Crippen LogP contribution in [-0.2, 0) is 0 Å². The average Bonchev–Trinajstić information content (AvgIpc) is 2.04. The summed E-state index contributed by atoms with van der Waals surface area (Å²) in [5.74, 6) is 0. The molecule has 0 spiro atoms. The molecule has 0 radical (unpaired) electrons. The van der Waals surface area contributed by atoms with Gasteiger partial charge in [-0.25, -0.2) is 0 Å². The van der Waals surface area contributed by atoms with Crippen LogP contribution in [-0.4, -0.2) is 5.16 Å². The van der Waals surface area contributed by atoms with E-state index < -0.39 is 7.43 Å². The number of para-hydroxylation sites is 1. The lowest BCUT2D eigenvalue weighted by atomic mass is 10.3. The van der Waals surface area contributed by atoms with Gasteiger partial charge in [-0.3, -0.25) is 0 Å². The van der Waals surface area contributed by atoms with Crippen molar-refractivity contribution in [1.82, 2.24) is 0 Å². The molecule has 1 unspecified atom stereocenters. The molecule has 0 amide bonds. The van der Waals surface area contributed by atoms with Gasteiger partial charge in [-0.1, -0.05) is 50.2 Å². The first-order valence-electron chi connectivity index (χ1n) is 4.28. The molecule has 1 aromatic rings. The molecule has 1 atom stereocenters. The van der Waals surface area contributed by atoms with Crippen LogP contribution < -0.4 is 5.09 Å². The van der Waals surface area contributed by atoms with Gasteiger partial charge in [0.15, 0.2) is 0 Å². The summed E-state index contributed by atoms with van der Waals surface area (Å²) >= 11 is 6.25. The SMILES string of the molecule is CC(C)(C)P(Cl)Nc1ccccc1. The van der Waals surface area contributed by atoms with Gasteiger partial charge >= 0.3 is 0 Å². The quantitative estimate of drug-likeness (QED) is 0.719. The van der Waals surface area contributed by atoms with E-state index in [9.17, 15) is 0 Å². The number of hydrogen-bond donors (Lipinski definition) is 1. The molecule has 72 valence electrons. The first kappa shape index (κ1) is 10.8. The molecule has 1 N–H and O–H groups in total. The van der Waals surface area contributed by atoms with Gasteiger partial charge in [0, 0.05) is 10.8 Å². The highest BCUT2D eigenvalue weighted by Gasteiger charge is 2.22. The van der Waals surface area contributed by atoms with Crippen molar-refractivity contribution in [2.45, 2.75) is 25.9 Å². The van der Waals surface area contributed by atoms with Gasteiger partial charge in [0.1, 0.15) is 0 Å². The Bertz CT molecular complexity index is 255. The molecule has 0 aromatic heterocycles. The molecule has 0 aliphatic carbocycles. The molecule has 0 fully saturated rings. The van der Waals surface area contributed by atoms with Crippen molar-refractivity contribution in [1.29, 1.82) is 0 Å². The molecule has 0 heterocycles. The summed E-state index contributed by atoms with van der Waals surface area (Å²) in [5.41, 5.74) is 1.10. The standard InChI is InChI=1S/C10H15ClNP/c1-10(2,3)13(11)12-9-7-5-4-6-8-9/h4-8,12H,1-3H3. The van der Waals surface area contributed by atoms with Gasteiger partial charge in [0.25, 0.3) is 0 Å². The minimum atomic E-state index is -0.676. The largest absolute Gasteiger partial charge is 0.352 e. The Morgan fingerprint density at radius 3 is 2.15 bits per heavy atom. The van der Waals surface area contributed by atoms with Crippen LogP contribution in [0.25, 0.3) is 0 Å². The van der Waals surface area contributed by atoms with E-state index in [1.165, 1.54) is 0 Å². The highest BCUT2D eigenvalue weighted by Crippen LogP contribution is 2.53. The zero-order valence-electron chi connectivity index (χ0n) is 8.21. The van der Waals surface area contributed by atoms with E-state index in [2.05, 4.69) is 25.9 Å². The number of hydrogen-bond acceptors (Lipinski definition) is 1. The minimum Gasteiger partial charge on any atom is -0.352 e. The van der Waals surface area contributed by atoms with Gasteiger partial charge in [-0.05, 0) is 12.1 Å². The Hall–Kier alpha value is -0.260. The monoisotopic (exact) mass is 215 g/mol. The second kappa shape index (κ2) is 4.30. The molecule has 0 aliphatic heterocycles. The summed E-state index contributed by atoms with van der Waals surface area (Å²) in [5, 5.41) is 3.44. The third kappa shape index (κ3) is 3.54. The lowest BCUT2D eigenvalue weighted by molar-refractivity contribution is 0.793. The lowest BCUT2D eigenvalue weighted by Crippen LogP contribution is -2.12. The third-order valence-electron chi connectivity index (χ3n) is 1.59. The summed E-state index contributed by atoms with van der Waals surface area (Å²) in [6.45, 7) is 6.42. The van der Waals surface area contributed by atoms with E-state index in [0.717, 1.165) is 5.69 Å². The van der Waals surface area contributed by atoms with E-state index in [4.69, 9.17) is 11.2 Å². The number of halogens is 1. The topological polar surface area (TPSA) is 12.0 Å². The smallest absolute Gasteiger partial charge is 0.0919 e. The van der Waals surface area contributed by atoms with Crippen molar-refractivity contribution in [2.24, 2.45) is 0 Å². The zero-order valence-corrected chi connectivity index (χ0v) is 9.86. The molecular weight excluding hydrogens is 201 g/mol. The maximum Gasteiger partial charge on any atom is 0.0919 e. The van der Waals surface area contributed by atoms with Crippen molar-refractivity contribution in [3.63, 3.8) is 0 Å². The fraction of sp³-hybridized carbons (Fsp3) is 0.400. The van der Waals surface area contributed by atoms with Crippen molar-refractivity contribution in [2.75, 3.05) is 5.09 Å². The Morgan fingerprint density at radius 2 is 1.69 bits per heavy atom. The van der Waals surface area contributed by atoms with Crippen LogP contribution in [0.1, 0.15) is 20.8 Å². The van der Waals surface area contributed by atoms with Gasteiger partial charge in [-0.2, -0.15) is 0 Å². The van der Waals surface area contributed by atoms with Crippen molar-refractivity contribution >= 4 is 24.4 Å². The van der Waals surface area contributed by atoms with Crippen LogP contribution in [0, 0.1) is 0 Å². The van der Waals surface area contributed by atoms with Gasteiger partial charge in [0.2, 0.25) is 0 Å². The van der Waals surface area contributed by atoms with Crippen molar-refractivity contribution < 1.29 is 0 Å². The fourth-order valence-corrected chi connectivity index (χ4v) is 1.80. The molecule has 1 nitrogen and oxygen atoms in total. The van der Waals surface area contributed by atoms with E-state index in [0.29, 0.717) is 0 Å². The number of nitrogens with one attached hydrogen (secondary N) is 1. The molecule has 0 bridgehead atoms. The minimum absolute atomic E-state index is 0.132. The number of rotatable bonds is 2. The maximum atomic E-state index is 6.25. The van der Waals surface area contributed by atoms with Crippen LogP contribution in [0.2, 0.25) is 0 Å². The van der Waals surface area contributed by atoms with Crippen LogP contribution in [0.5, 0.6) is 0 Å².